The first-order valence-corrected chi connectivity index (χ1v) is 57.9. The zero-order valence-corrected chi connectivity index (χ0v) is 97.5. The van der Waals surface area contributed by atoms with E-state index >= 15 is 0 Å². The van der Waals surface area contributed by atoms with Crippen LogP contribution in [-0.4, -0.2) is 183 Å². The van der Waals surface area contributed by atoms with Crippen LogP contribution >= 0.6 is 42.5 Å². The summed E-state index contributed by atoms with van der Waals surface area (Å²) in [4.78, 5) is 32.9. The van der Waals surface area contributed by atoms with Gasteiger partial charge in [-0.15, -0.1) is 17.5 Å². The minimum Gasteiger partial charge on any atom is -0.412 e. The molecule has 1 saturated heterocycles. The van der Waals surface area contributed by atoms with Gasteiger partial charge in [-0.25, -0.2) is 80.5 Å². The Morgan fingerprint density at radius 2 is 0.804 bits per heavy atom. The fraction of sp³-hybridized carbons (Fsp3) is 0.290. The van der Waals surface area contributed by atoms with Gasteiger partial charge in [-0.1, -0.05) is 173 Å². The molecule has 12 N–H and O–H groups in total. The van der Waals surface area contributed by atoms with E-state index in [1.807, 2.05) is 185 Å². The van der Waals surface area contributed by atoms with Crippen LogP contribution in [0.4, 0.5) is 17.5 Å². The minimum absolute atomic E-state index is 0. The number of benzene rings is 4. The van der Waals surface area contributed by atoms with E-state index in [9.17, 15) is 33.7 Å². The van der Waals surface area contributed by atoms with Crippen molar-refractivity contribution in [3.05, 3.63) is 303 Å². The maximum Gasteiger partial charge on any atom is 0.497 e. The maximum absolute atomic E-state index is 13.4. The molecule has 1 aliphatic rings. The summed E-state index contributed by atoms with van der Waals surface area (Å²) >= 11 is 6.34. The van der Waals surface area contributed by atoms with Crippen LogP contribution < -0.4 is 28.8 Å². The van der Waals surface area contributed by atoms with E-state index in [1.165, 1.54) is 35.0 Å². The molecule has 12 heterocycles. The number of rotatable bonds is 8. The van der Waals surface area contributed by atoms with Crippen molar-refractivity contribution in [2.24, 2.45) is 0 Å². The fourth-order valence-corrected chi connectivity index (χ4v) is 17.4. The number of fused-ring (bicyclic) bond motifs is 4. The van der Waals surface area contributed by atoms with Crippen molar-refractivity contribution >= 4 is 223 Å². The predicted octanol–water partition coefficient (Wildman–Crippen LogP) is 21.7. The van der Waals surface area contributed by atoms with Crippen LogP contribution in [0.3, 0.4) is 0 Å². The number of aromatic nitrogens is 11. The summed E-state index contributed by atoms with van der Waals surface area (Å²) in [5, 5.41) is 3.49. The Morgan fingerprint density at radius 3 is 1.21 bits per heavy atom. The number of anilines is 3. The summed E-state index contributed by atoms with van der Waals surface area (Å²) < 4.78 is 116. The molecule has 0 bridgehead atoms. The van der Waals surface area contributed by atoms with Crippen molar-refractivity contribution in [1.29, 1.82) is 0 Å². The van der Waals surface area contributed by atoms with Crippen molar-refractivity contribution in [3.8, 4) is 23.4 Å². The zero-order chi connectivity index (χ0) is 99.0. The number of pyridine rings is 7. The second kappa shape index (κ2) is 57.1. The van der Waals surface area contributed by atoms with Gasteiger partial charge in [0.2, 0.25) is 0 Å². The van der Waals surface area contributed by atoms with E-state index in [2.05, 4.69) is 134 Å². The molecule has 0 aliphatic carbocycles. The van der Waals surface area contributed by atoms with Gasteiger partial charge >= 0.3 is 7.12 Å². The van der Waals surface area contributed by atoms with E-state index in [1.54, 1.807) is 153 Å². The van der Waals surface area contributed by atoms with Gasteiger partial charge < -0.3 is 43.1 Å². The molecule has 0 spiro atoms. The molecular formula is C100H133BBr2ClKN15O11S4Si2Y. The summed E-state index contributed by atoms with van der Waals surface area (Å²) in [6.07, 6.45) is 23.8. The molecule has 15 aromatic rings. The second-order valence-electron chi connectivity index (χ2n) is 34.0. The normalized spacial score (nSPS) is 11.9. The third-order valence-corrected chi connectivity index (χ3v) is 28.2. The molecule has 38 heteroatoms. The smallest absolute Gasteiger partial charge is 0.412 e. The number of aryl methyl sites for hydroxylation is 12. The number of nitrogen functional groups attached to an aromatic ring is 3. The Morgan fingerprint density at radius 1 is 0.449 bits per heavy atom. The van der Waals surface area contributed by atoms with Crippen LogP contribution in [0.5, 0.6) is 0 Å². The summed E-state index contributed by atoms with van der Waals surface area (Å²) in [7, 11) is -12.6. The quantitative estimate of drug-likeness (QED) is 0.0408. The monoisotopic (exact) mass is 2240 g/mol. The number of H-pyrrole nitrogens is 1. The summed E-state index contributed by atoms with van der Waals surface area (Å²) in [5.74, 6) is 6.66. The topological polar surface area (TPSA) is 420 Å². The Balaban J connectivity index is 0.00000157. The van der Waals surface area contributed by atoms with Crippen molar-refractivity contribution in [3.63, 3.8) is 0 Å². The fourth-order valence-electron chi connectivity index (χ4n) is 11.5. The molecule has 1 fully saturated rings. The first kappa shape index (κ1) is 130. The molecule has 138 heavy (non-hydrogen) atoms. The molecule has 734 valence electrons. The van der Waals surface area contributed by atoms with E-state index < -0.39 is 73.6 Å². The van der Waals surface area contributed by atoms with E-state index in [4.69, 9.17) is 43.6 Å². The summed E-state index contributed by atoms with van der Waals surface area (Å²) in [6.45, 7) is 48.3. The Bertz CT molecular complexity index is 7030. The molecule has 26 nitrogen and oxygen atoms in total. The van der Waals surface area contributed by atoms with E-state index in [0.717, 1.165) is 83.2 Å². The van der Waals surface area contributed by atoms with Gasteiger partial charge in [-0.3, -0.25) is 0 Å². The first-order valence-electron chi connectivity index (χ1n) is 41.9. The molecular weight excluding hydrogens is 2110 g/mol. The van der Waals surface area contributed by atoms with Gasteiger partial charge in [0.15, 0.2) is 16.9 Å². The number of nitrogens with zero attached hydrogens (tertiary/aromatic N) is 10. The third-order valence-electron chi connectivity index (χ3n) is 19.4. The maximum atomic E-state index is 13.4. The van der Waals surface area contributed by atoms with Gasteiger partial charge in [-0.2, -0.15) is 0 Å². The molecule has 1 aliphatic heterocycles. The van der Waals surface area contributed by atoms with Crippen molar-refractivity contribution in [2.75, 3.05) is 23.0 Å². The van der Waals surface area contributed by atoms with Gasteiger partial charge in [0.25, 0.3) is 39.1 Å². The second-order valence-corrected chi connectivity index (χ2v) is 52.4. The average Bonchev–Trinajstić information content (AvgIpc) is 1.58. The number of nitrogens with one attached hydrogen (secondary N) is 1. The number of hydrogen-bond acceptors (Lipinski definition) is 21. The number of hydrogen-bond donors (Lipinski definition) is 5. The molecule has 0 atom stereocenters. The number of terminal acetylenes is 1. The van der Waals surface area contributed by atoms with Gasteiger partial charge in [0.05, 0.1) is 36.3 Å². The zero-order valence-electron chi connectivity index (χ0n) is 82.4. The molecule has 4 aromatic carbocycles. The van der Waals surface area contributed by atoms with E-state index in [-0.39, 0.29) is 130 Å². The minimum atomic E-state index is -3.82. The SMILES string of the molecule is C.C.C#C[Si](C)(C)C.CBr.CC.Cc1ccc(N)nc1.Cc1ccc(S(=O)(=O)Cl)cc1.Cc1ccc(S(=O)(=O)n2cc(B3OC(C)(C)C(C)(C)O3)c3cc(C)cnc32)cc1.Cc1ccc(S(=O)(=O)n2cc(Br)c3cc(C)cnc32)cc1.Cc1ccc(S(=O)(=O)n2ccc3cc(C)cnc32)cc1.Cc1cnc(N)c(C#C[Si](C)(C)C)c1.Cc1cnc(N)c(C)c1.Cc1cnc2[nH]ccc2c1.N.O.[K].[Y]. The Kier molecular flexibility index (Phi) is 53.7. The van der Waals surface area contributed by atoms with E-state index in [0.29, 0.717) is 49.7 Å². The van der Waals surface area contributed by atoms with Crippen LogP contribution in [0.25, 0.3) is 44.1 Å². The Hall–Kier alpha value is -8.26. The van der Waals surface area contributed by atoms with Gasteiger partial charge in [0, 0.05) is 194 Å². The molecule has 0 saturated carbocycles. The Labute approximate surface area is 910 Å². The average molecular weight is 2240 g/mol. The molecule has 11 aromatic heterocycles. The van der Waals surface area contributed by atoms with Gasteiger partial charge in [0.1, 0.15) is 39.2 Å². The van der Waals surface area contributed by atoms with Crippen molar-refractivity contribution < 1.29 is 81.2 Å². The van der Waals surface area contributed by atoms with Gasteiger partial charge in [-0.05, 0) is 274 Å². The number of halogens is 3. The molecule has 0 amide bonds. The van der Waals surface area contributed by atoms with Crippen LogP contribution in [0.2, 0.25) is 39.3 Å². The standard InChI is InChI=1S/C21H25BN2O4S.C15H13BrN2O2S.C15H14N2O2S.C11H16N2Si.C8H8N2.C7H7ClO2S.C7H10N2.C6H8N2.C5H10Si.C2H6.CH3Br.2CH4.K.H3N.H2O.Y/c1-14-7-9-16(10-8-14)29(25,26)24-13-18(17-11-15(2)12-23-19(17)24)22-27-20(3,4)21(5,6)28-22;1-10-3-5-12(6-4-10)21(19,20)18-9-14(16)13-7-11(2)8-17-15(13)18;1-11-3-5-14(6-4-11)20(18,19)17-8-7-13-9-12(2)10-16-15(13)17;1-9-7-10(11(12)13-8-9)5-6-14(2,3)4;1-6-4-7-2-3-9-8(7)10-5-6;1-6-2-4-7(5-3-6)11(8,9)10;1-5-3-6(2)7(8)9-4-5;1-5-2-3-6(7)8-4-5;1-5-6(2,3)4;2*1-2;;;;;;/h7-13H,1-6H3;3-9H,1-2H3;3-10H,1-2H3;7-8H,1-4H3,(H2,12,13);2-5H,1H3,(H,9,10);2-5H,1H3;3-4H,1-2H3,(H2,8,9);2-4H,1H3,(H2,7,8);1H,2-4H3;1-2H3;1H3;2*1H4;;1H3;1H2;. The largest absolute Gasteiger partial charge is 0.497 e. The number of aromatic amines is 1. The number of alkyl halides is 1. The van der Waals surface area contributed by atoms with Crippen molar-refractivity contribution in [2.45, 2.75) is 210 Å². The summed E-state index contributed by atoms with van der Waals surface area (Å²) in [5.41, 5.74) is 37.8. The van der Waals surface area contributed by atoms with Crippen LogP contribution in [0.1, 0.15) is 129 Å². The number of nitrogens with two attached hydrogens (primary N) is 3. The van der Waals surface area contributed by atoms with Crippen molar-refractivity contribution in [1.82, 2.24) is 57.9 Å². The first-order chi connectivity index (χ1) is 61.6. The third kappa shape index (κ3) is 37.9. The predicted molar refractivity (Wildman–Crippen MR) is 585 cm³/mol. The van der Waals surface area contributed by atoms with Crippen LogP contribution in [0, 0.1) is 107 Å². The van der Waals surface area contributed by atoms with Crippen LogP contribution in [0.15, 0.2) is 250 Å². The molecule has 16 rings (SSSR count). The molecule has 2 radical (unpaired) electrons. The van der Waals surface area contributed by atoms with Crippen LogP contribution in [-0.2, 0) is 81.1 Å². The molecule has 0 unspecified atom stereocenters. The summed E-state index contributed by atoms with van der Waals surface area (Å²) in [6, 6.07) is 46.1.